The quantitative estimate of drug-likeness (QED) is 0.497. The van der Waals surface area contributed by atoms with Crippen molar-refractivity contribution in [2.45, 2.75) is 88.9 Å². The van der Waals surface area contributed by atoms with Crippen LogP contribution in [0.15, 0.2) is 9.95 Å². The van der Waals surface area contributed by atoms with E-state index in [9.17, 15) is 9.59 Å². The van der Waals surface area contributed by atoms with Crippen molar-refractivity contribution in [2.75, 3.05) is 12.3 Å². The lowest BCUT2D eigenvalue weighted by Gasteiger charge is -2.44. The van der Waals surface area contributed by atoms with E-state index in [1.54, 1.807) is 11.3 Å². The number of nitrogens with zero attached hydrogens (tertiary/aromatic N) is 3. The van der Waals surface area contributed by atoms with Crippen LogP contribution >= 0.6 is 23.1 Å². The van der Waals surface area contributed by atoms with E-state index in [0.717, 1.165) is 60.4 Å². The highest BCUT2D eigenvalue weighted by atomic mass is 32.2. The third-order valence-corrected chi connectivity index (χ3v) is 9.27. The summed E-state index contributed by atoms with van der Waals surface area (Å²) in [6.45, 7) is 3.65. The van der Waals surface area contributed by atoms with Crippen LogP contribution in [0.2, 0.25) is 0 Å². The number of piperidine rings is 1. The summed E-state index contributed by atoms with van der Waals surface area (Å²) in [5.41, 5.74) is 1.34. The van der Waals surface area contributed by atoms with Gasteiger partial charge in [-0.25, -0.2) is 4.98 Å². The van der Waals surface area contributed by atoms with E-state index in [1.165, 1.54) is 47.9 Å². The van der Waals surface area contributed by atoms with E-state index >= 15 is 0 Å². The second-order valence-electron chi connectivity index (χ2n) is 9.02. The number of hydrogen-bond acceptors (Lipinski definition) is 5. The Kier molecular flexibility index (Phi) is 5.93. The highest BCUT2D eigenvalue weighted by molar-refractivity contribution is 7.99. The van der Waals surface area contributed by atoms with Crippen molar-refractivity contribution in [1.82, 2.24) is 14.5 Å². The molecule has 2 aliphatic carbocycles. The van der Waals surface area contributed by atoms with Crippen molar-refractivity contribution in [3.05, 3.63) is 20.8 Å². The molecule has 0 N–H and O–H groups in total. The van der Waals surface area contributed by atoms with Crippen LogP contribution in [0.3, 0.4) is 0 Å². The summed E-state index contributed by atoms with van der Waals surface area (Å²) in [6, 6.07) is 0.439. The number of fused-ring (bicyclic) bond motifs is 4. The van der Waals surface area contributed by atoms with Crippen molar-refractivity contribution >= 4 is 39.2 Å². The summed E-state index contributed by atoms with van der Waals surface area (Å²) in [6.07, 6.45) is 11.5. The highest BCUT2D eigenvalue weighted by Gasteiger charge is 2.35. The van der Waals surface area contributed by atoms with Gasteiger partial charge in [0.25, 0.3) is 5.56 Å². The van der Waals surface area contributed by atoms with Crippen LogP contribution in [0.1, 0.15) is 68.7 Å². The molecule has 0 aromatic carbocycles. The third-order valence-electron chi connectivity index (χ3n) is 7.13. The Morgan fingerprint density at radius 1 is 1.17 bits per heavy atom. The minimum Gasteiger partial charge on any atom is -0.339 e. The van der Waals surface area contributed by atoms with Gasteiger partial charge in [0.05, 0.1) is 11.1 Å². The van der Waals surface area contributed by atoms with Crippen molar-refractivity contribution in [1.29, 1.82) is 0 Å². The van der Waals surface area contributed by atoms with Crippen LogP contribution < -0.4 is 5.56 Å². The Hall–Kier alpha value is -1.34. The molecular formula is C23H31N3O2S2. The van der Waals surface area contributed by atoms with Gasteiger partial charge in [-0.2, -0.15) is 0 Å². The van der Waals surface area contributed by atoms with Gasteiger partial charge >= 0.3 is 0 Å². The maximum atomic E-state index is 13.3. The number of aromatic nitrogens is 2. The summed E-state index contributed by atoms with van der Waals surface area (Å²) >= 11 is 3.15. The molecular weight excluding hydrogens is 414 g/mol. The molecule has 0 spiro atoms. The van der Waals surface area contributed by atoms with Gasteiger partial charge in [0.1, 0.15) is 4.83 Å². The fourth-order valence-corrected chi connectivity index (χ4v) is 7.95. The Bertz CT molecular complexity index is 1010. The van der Waals surface area contributed by atoms with Crippen LogP contribution in [0, 0.1) is 5.92 Å². The van der Waals surface area contributed by atoms with Gasteiger partial charge in [-0.15, -0.1) is 11.3 Å². The minimum absolute atomic E-state index is 0.0986. The van der Waals surface area contributed by atoms with E-state index in [2.05, 4.69) is 11.8 Å². The topological polar surface area (TPSA) is 55.2 Å². The molecule has 0 bridgehead atoms. The van der Waals surface area contributed by atoms with Gasteiger partial charge in [-0.3, -0.25) is 14.2 Å². The van der Waals surface area contributed by atoms with Gasteiger partial charge in [-0.05, 0) is 62.8 Å². The smallest absolute Gasteiger partial charge is 0.263 e. The SMILES string of the molecule is CCCn1c(SCC(=O)N2CCCC3CCCCC32)nc2sc3c(c2c1=O)CCC3. The van der Waals surface area contributed by atoms with Crippen LogP contribution in [0.4, 0.5) is 0 Å². The summed E-state index contributed by atoms with van der Waals surface area (Å²) in [5, 5.41) is 1.57. The number of aryl methyl sites for hydroxylation is 2. The van der Waals surface area contributed by atoms with Crippen LogP contribution in [0.25, 0.3) is 10.2 Å². The normalized spacial score (nSPS) is 23.6. The van der Waals surface area contributed by atoms with E-state index in [-0.39, 0.29) is 11.5 Å². The molecule has 2 unspecified atom stereocenters. The zero-order chi connectivity index (χ0) is 20.7. The molecule has 5 rings (SSSR count). The molecule has 2 fully saturated rings. The van der Waals surface area contributed by atoms with E-state index in [1.807, 2.05) is 4.57 Å². The number of thioether (sulfide) groups is 1. The Labute approximate surface area is 186 Å². The number of carbonyl (C=O) groups excluding carboxylic acids is 1. The molecule has 30 heavy (non-hydrogen) atoms. The Balaban J connectivity index is 1.39. The van der Waals surface area contributed by atoms with E-state index in [0.29, 0.717) is 24.3 Å². The van der Waals surface area contributed by atoms with Gasteiger partial charge in [0.2, 0.25) is 5.91 Å². The zero-order valence-corrected chi connectivity index (χ0v) is 19.5. The maximum absolute atomic E-state index is 13.3. The summed E-state index contributed by atoms with van der Waals surface area (Å²) in [4.78, 5) is 35.7. The van der Waals surface area contributed by atoms with Gasteiger partial charge in [0, 0.05) is 24.0 Å². The first-order chi connectivity index (χ1) is 14.7. The van der Waals surface area contributed by atoms with Crippen LogP contribution in [0.5, 0.6) is 0 Å². The number of amides is 1. The first-order valence-electron chi connectivity index (χ1n) is 11.6. The lowest BCUT2D eigenvalue weighted by molar-refractivity contribution is -0.134. The molecule has 5 nitrogen and oxygen atoms in total. The number of rotatable bonds is 5. The van der Waals surface area contributed by atoms with Crippen molar-refractivity contribution in [2.24, 2.45) is 5.92 Å². The molecule has 7 heteroatoms. The number of hydrogen-bond donors (Lipinski definition) is 0. The molecule has 1 aliphatic heterocycles. The summed E-state index contributed by atoms with van der Waals surface area (Å²) < 4.78 is 1.82. The average Bonchev–Trinajstić information content (AvgIpc) is 3.35. The molecule has 2 aromatic rings. The maximum Gasteiger partial charge on any atom is 0.263 e. The fourth-order valence-electron chi connectivity index (χ4n) is 5.73. The first-order valence-corrected chi connectivity index (χ1v) is 13.4. The van der Waals surface area contributed by atoms with Gasteiger partial charge < -0.3 is 4.90 Å². The summed E-state index contributed by atoms with van der Waals surface area (Å²) in [7, 11) is 0. The number of carbonyl (C=O) groups is 1. The third kappa shape index (κ3) is 3.62. The molecule has 1 saturated carbocycles. The largest absolute Gasteiger partial charge is 0.339 e. The van der Waals surface area contributed by atoms with Crippen molar-refractivity contribution < 1.29 is 4.79 Å². The van der Waals surface area contributed by atoms with Crippen molar-refractivity contribution in [3.8, 4) is 0 Å². The second kappa shape index (κ2) is 8.65. The molecule has 0 radical (unpaired) electrons. The van der Waals surface area contributed by atoms with Crippen molar-refractivity contribution in [3.63, 3.8) is 0 Å². The van der Waals surface area contributed by atoms with Gasteiger partial charge in [0.15, 0.2) is 5.16 Å². The predicted octanol–water partition coefficient (Wildman–Crippen LogP) is 4.63. The Morgan fingerprint density at radius 3 is 2.87 bits per heavy atom. The monoisotopic (exact) mass is 445 g/mol. The lowest BCUT2D eigenvalue weighted by Crippen LogP contribution is -2.50. The number of likely N-dealkylation sites (tertiary alicyclic amines) is 1. The van der Waals surface area contributed by atoms with E-state index in [4.69, 9.17) is 4.98 Å². The molecule has 1 amide bonds. The zero-order valence-electron chi connectivity index (χ0n) is 17.8. The molecule has 2 aromatic heterocycles. The standard InChI is InChI=1S/C23H31N3O2S2/c1-2-12-26-22(28)20-16-9-5-11-18(16)30-21(20)24-23(26)29-14-19(27)25-13-6-8-15-7-3-4-10-17(15)25/h15,17H,2-14H2,1H3. The minimum atomic E-state index is 0.0986. The van der Waals surface area contributed by atoms with Gasteiger partial charge in [-0.1, -0.05) is 31.5 Å². The molecule has 162 valence electrons. The Morgan fingerprint density at radius 2 is 2.00 bits per heavy atom. The summed E-state index contributed by atoms with van der Waals surface area (Å²) in [5.74, 6) is 1.31. The van der Waals surface area contributed by atoms with Crippen LogP contribution in [-0.4, -0.2) is 38.7 Å². The van der Waals surface area contributed by atoms with Crippen LogP contribution in [-0.2, 0) is 24.2 Å². The first kappa shape index (κ1) is 20.6. The lowest BCUT2D eigenvalue weighted by atomic mass is 9.78. The molecule has 3 heterocycles. The number of thiophene rings is 1. The van der Waals surface area contributed by atoms with E-state index < -0.39 is 0 Å². The second-order valence-corrected chi connectivity index (χ2v) is 11.0. The predicted molar refractivity (Wildman–Crippen MR) is 124 cm³/mol. The highest BCUT2D eigenvalue weighted by Crippen LogP contribution is 2.37. The average molecular weight is 446 g/mol. The fraction of sp³-hybridized carbons (Fsp3) is 0.696. The molecule has 3 aliphatic rings. The molecule has 1 saturated heterocycles. The molecule has 2 atom stereocenters.